The molecular weight excluding hydrogens is 259 g/mol. The van der Waals surface area contributed by atoms with Crippen molar-refractivity contribution in [3.63, 3.8) is 0 Å². The molecule has 0 aromatic heterocycles. The van der Waals surface area contributed by atoms with E-state index in [0.717, 1.165) is 21.0 Å². The van der Waals surface area contributed by atoms with E-state index in [2.05, 4.69) is 0 Å². The van der Waals surface area contributed by atoms with Crippen LogP contribution in [0.4, 0.5) is 27.6 Å². The van der Waals surface area contributed by atoms with E-state index in [1.54, 1.807) is 0 Å². The Kier molecular flexibility index (Phi) is 3.78. The van der Waals surface area contributed by atoms with Crippen molar-refractivity contribution in [3.05, 3.63) is 29.1 Å². The van der Waals surface area contributed by atoms with Gasteiger partial charge < -0.3 is 0 Å². The highest BCUT2D eigenvalue weighted by atomic mass is 19.2. The van der Waals surface area contributed by atoms with Crippen LogP contribution >= 0.6 is 0 Å². The first kappa shape index (κ1) is 14.2. The third kappa shape index (κ3) is 2.09. The van der Waals surface area contributed by atoms with Crippen molar-refractivity contribution in [2.45, 2.75) is 6.92 Å². The Balaban J connectivity index is 3.46. The van der Waals surface area contributed by atoms with Gasteiger partial charge in [-0.15, -0.1) is 0 Å². The number of rotatable bonds is 2. The Bertz CT molecular complexity index is 477. The molecule has 3 nitrogen and oxygen atoms in total. The number of hydrogen-bond acceptors (Lipinski definition) is 2. The molecule has 0 aliphatic heterocycles. The largest absolute Gasteiger partial charge is 0.280 e. The van der Waals surface area contributed by atoms with Gasteiger partial charge in [0, 0.05) is 21.0 Å². The molecule has 1 aromatic rings. The molecule has 1 amide bonds. The van der Waals surface area contributed by atoms with Crippen molar-refractivity contribution in [1.29, 1.82) is 0 Å². The number of hydrogen-bond donors (Lipinski definition) is 0. The van der Waals surface area contributed by atoms with Gasteiger partial charge in [-0.1, -0.05) is 0 Å². The van der Waals surface area contributed by atoms with E-state index in [0.29, 0.717) is 10.0 Å². The van der Waals surface area contributed by atoms with E-state index in [9.17, 15) is 26.7 Å². The summed E-state index contributed by atoms with van der Waals surface area (Å²) >= 11 is 0. The third-order valence-electron chi connectivity index (χ3n) is 2.42. The molecule has 0 aliphatic carbocycles. The summed E-state index contributed by atoms with van der Waals surface area (Å²) in [6, 6.07) is 0. The van der Waals surface area contributed by atoms with Gasteiger partial charge in [-0.05, 0) is 0 Å². The number of carbonyl (C=O) groups is 1. The fourth-order valence-electron chi connectivity index (χ4n) is 1.24. The molecule has 1 aromatic carbocycles. The molecule has 100 valence electrons. The number of hydrazine groups is 1. The number of nitrogens with zero attached hydrogens (tertiary/aromatic N) is 2. The topological polar surface area (TPSA) is 23.6 Å². The van der Waals surface area contributed by atoms with Crippen LogP contribution in [0, 0.1) is 29.1 Å². The van der Waals surface area contributed by atoms with Crippen LogP contribution in [0.5, 0.6) is 0 Å². The summed E-state index contributed by atoms with van der Waals surface area (Å²) in [5, 5.41) is 1.25. The third-order valence-corrected chi connectivity index (χ3v) is 2.42. The molecule has 0 heterocycles. The Hall–Kier alpha value is -1.86. The molecule has 0 bridgehead atoms. The highest BCUT2D eigenvalue weighted by molar-refractivity contribution is 5.75. The maximum absolute atomic E-state index is 13.4. The molecule has 0 N–H and O–H groups in total. The predicted octanol–water partition coefficient (Wildman–Crippen LogP) is 2.21. The molecule has 0 radical (unpaired) electrons. The smallest absolute Gasteiger partial charge is 0.237 e. The average Bonchev–Trinajstić information content (AvgIpc) is 2.32. The second-order valence-electron chi connectivity index (χ2n) is 3.48. The van der Waals surface area contributed by atoms with E-state index in [4.69, 9.17) is 0 Å². The summed E-state index contributed by atoms with van der Waals surface area (Å²) in [6.45, 7) is 1.07. The molecule has 0 saturated heterocycles. The normalized spacial score (nSPS) is 10.4. The number of amides is 1. The molecular formula is C10H9F5N2O. The van der Waals surface area contributed by atoms with E-state index < -0.39 is 40.7 Å². The average molecular weight is 268 g/mol. The van der Waals surface area contributed by atoms with Gasteiger partial charge in [-0.3, -0.25) is 14.8 Å². The van der Waals surface area contributed by atoms with Gasteiger partial charge >= 0.3 is 0 Å². The van der Waals surface area contributed by atoms with Crippen LogP contribution in [0.2, 0.25) is 0 Å². The minimum Gasteiger partial charge on any atom is -0.280 e. The van der Waals surface area contributed by atoms with Gasteiger partial charge in [0.15, 0.2) is 23.3 Å². The summed E-state index contributed by atoms with van der Waals surface area (Å²) < 4.78 is 65.4. The lowest BCUT2D eigenvalue weighted by molar-refractivity contribution is -0.127. The molecule has 18 heavy (non-hydrogen) atoms. The van der Waals surface area contributed by atoms with E-state index in [1.807, 2.05) is 0 Å². The van der Waals surface area contributed by atoms with Crippen LogP contribution in [-0.2, 0) is 4.79 Å². The Morgan fingerprint density at radius 2 is 1.17 bits per heavy atom. The number of halogens is 5. The van der Waals surface area contributed by atoms with Crippen LogP contribution in [0.1, 0.15) is 6.92 Å². The van der Waals surface area contributed by atoms with Gasteiger partial charge in [0.1, 0.15) is 5.69 Å². The zero-order chi connectivity index (χ0) is 14.2. The highest BCUT2D eigenvalue weighted by Crippen LogP contribution is 2.29. The monoisotopic (exact) mass is 268 g/mol. The molecule has 0 saturated carbocycles. The lowest BCUT2D eigenvalue weighted by Gasteiger charge is -2.29. The maximum Gasteiger partial charge on any atom is 0.237 e. The van der Waals surface area contributed by atoms with Gasteiger partial charge in [-0.25, -0.2) is 22.0 Å². The van der Waals surface area contributed by atoms with E-state index in [-0.39, 0.29) is 0 Å². The SMILES string of the molecule is CC(=O)N(C)N(C)c1c(F)c(F)c(F)c(F)c1F. The minimum absolute atomic E-state index is 0.540. The molecule has 0 spiro atoms. The minimum atomic E-state index is -2.24. The first-order valence-corrected chi connectivity index (χ1v) is 4.69. The lowest BCUT2D eigenvalue weighted by Crippen LogP contribution is -2.41. The molecule has 0 aliphatic rings. The zero-order valence-electron chi connectivity index (χ0n) is 9.69. The van der Waals surface area contributed by atoms with E-state index >= 15 is 0 Å². The summed E-state index contributed by atoms with van der Waals surface area (Å²) in [5.41, 5.74) is -1.19. The molecule has 8 heteroatoms. The van der Waals surface area contributed by atoms with Crippen molar-refractivity contribution in [3.8, 4) is 0 Å². The molecule has 0 fully saturated rings. The fourth-order valence-corrected chi connectivity index (χ4v) is 1.24. The lowest BCUT2D eigenvalue weighted by atomic mass is 10.2. The van der Waals surface area contributed by atoms with Gasteiger partial charge in [0.05, 0.1) is 0 Å². The molecule has 0 unspecified atom stereocenters. The number of anilines is 1. The van der Waals surface area contributed by atoms with E-state index in [1.165, 1.54) is 0 Å². The number of carbonyl (C=O) groups excluding carboxylic acids is 1. The van der Waals surface area contributed by atoms with Crippen molar-refractivity contribution in [2.75, 3.05) is 19.1 Å². The van der Waals surface area contributed by atoms with Gasteiger partial charge in [-0.2, -0.15) is 0 Å². The number of benzene rings is 1. The Labute approximate surface area is 99.4 Å². The van der Waals surface area contributed by atoms with Gasteiger partial charge in [0.2, 0.25) is 11.7 Å². The van der Waals surface area contributed by atoms with Crippen LogP contribution in [0.15, 0.2) is 0 Å². The van der Waals surface area contributed by atoms with Crippen molar-refractivity contribution in [1.82, 2.24) is 5.01 Å². The zero-order valence-corrected chi connectivity index (χ0v) is 9.69. The van der Waals surface area contributed by atoms with Crippen molar-refractivity contribution >= 4 is 11.6 Å². The van der Waals surface area contributed by atoms with Crippen LogP contribution in [0.3, 0.4) is 0 Å². The fraction of sp³-hybridized carbons (Fsp3) is 0.300. The van der Waals surface area contributed by atoms with Crippen LogP contribution in [-0.4, -0.2) is 25.0 Å². The van der Waals surface area contributed by atoms with Crippen LogP contribution in [0.25, 0.3) is 0 Å². The molecule has 1 rings (SSSR count). The summed E-state index contributed by atoms with van der Waals surface area (Å²) in [5.74, 6) is -11.0. The highest BCUT2D eigenvalue weighted by Gasteiger charge is 2.29. The van der Waals surface area contributed by atoms with Crippen molar-refractivity contribution < 1.29 is 26.7 Å². The van der Waals surface area contributed by atoms with Crippen LogP contribution < -0.4 is 5.01 Å². The first-order chi connectivity index (χ1) is 8.20. The second kappa shape index (κ2) is 4.79. The second-order valence-corrected chi connectivity index (χ2v) is 3.48. The Morgan fingerprint density at radius 3 is 1.50 bits per heavy atom. The standard InChI is InChI=1S/C10H9F5N2O/c1-4(18)16(2)17(3)10-8(14)6(12)5(11)7(13)9(10)15/h1-3H3. The summed E-state index contributed by atoms with van der Waals surface area (Å²) in [4.78, 5) is 11.0. The summed E-state index contributed by atoms with van der Waals surface area (Å²) in [6.07, 6.45) is 0. The first-order valence-electron chi connectivity index (χ1n) is 4.69. The predicted molar refractivity (Wildman–Crippen MR) is 53.1 cm³/mol. The maximum atomic E-state index is 13.4. The van der Waals surface area contributed by atoms with Crippen molar-refractivity contribution in [2.24, 2.45) is 0 Å². The Morgan fingerprint density at radius 1 is 0.833 bits per heavy atom. The van der Waals surface area contributed by atoms with Gasteiger partial charge in [0.25, 0.3) is 0 Å². The summed E-state index contributed by atoms with van der Waals surface area (Å²) in [7, 11) is 2.13. The quantitative estimate of drug-likeness (QED) is 0.355. The molecule has 0 atom stereocenters.